The molecule has 0 radical (unpaired) electrons. The molecule has 0 amide bonds. The van der Waals surface area contributed by atoms with Gasteiger partial charge in [0.25, 0.3) is 0 Å². The number of carbonyl (C=O) groups is 1. The summed E-state index contributed by atoms with van der Waals surface area (Å²) in [5, 5.41) is 10.5. The van der Waals surface area contributed by atoms with Crippen LogP contribution in [0.3, 0.4) is 0 Å². The average molecular weight is 489 g/mol. The highest BCUT2D eigenvalue weighted by Crippen LogP contribution is 2.28. The van der Waals surface area contributed by atoms with Gasteiger partial charge in [0.05, 0.1) is 12.7 Å². The van der Waals surface area contributed by atoms with Crippen LogP contribution in [0, 0.1) is 12.7 Å². The van der Waals surface area contributed by atoms with E-state index in [4.69, 9.17) is 15.6 Å². The summed E-state index contributed by atoms with van der Waals surface area (Å²) in [5.74, 6) is -1.74. The maximum atomic E-state index is 13.8. The fourth-order valence-corrected chi connectivity index (χ4v) is 3.67. The highest BCUT2D eigenvalue weighted by atomic mass is 19.4. The summed E-state index contributed by atoms with van der Waals surface area (Å²) in [6.07, 6.45) is -2.33. The van der Waals surface area contributed by atoms with Gasteiger partial charge in [-0.15, -0.1) is 0 Å². The molecule has 1 aromatic carbocycles. The molecule has 9 nitrogen and oxygen atoms in total. The first-order valence-corrected chi connectivity index (χ1v) is 10.3. The van der Waals surface area contributed by atoms with Crippen LogP contribution in [0.25, 0.3) is 22.6 Å². The zero-order chi connectivity index (χ0) is 25.3. The number of carboxylic acids is 1. The third-order valence-corrected chi connectivity index (χ3v) is 5.18. The number of carboxylic acid groups (broad SMARTS) is 1. The number of alkyl halides is 3. The number of hydrogen-bond acceptors (Lipinski definition) is 7. The highest BCUT2D eigenvalue weighted by molar-refractivity contribution is 5.85. The van der Waals surface area contributed by atoms with Gasteiger partial charge < -0.3 is 20.7 Å². The summed E-state index contributed by atoms with van der Waals surface area (Å²) in [6, 6.07) is 7.84. The lowest BCUT2D eigenvalue weighted by Crippen LogP contribution is -2.21. The van der Waals surface area contributed by atoms with E-state index < -0.39 is 18.0 Å². The fourth-order valence-electron chi connectivity index (χ4n) is 3.67. The van der Waals surface area contributed by atoms with Gasteiger partial charge in [0.15, 0.2) is 17.0 Å². The Kier molecular flexibility index (Phi) is 6.35. The molecule has 0 spiro atoms. The van der Waals surface area contributed by atoms with Crippen molar-refractivity contribution in [1.29, 1.82) is 0 Å². The quantitative estimate of drug-likeness (QED) is 0.374. The maximum Gasteiger partial charge on any atom is 0.490 e. The topological polar surface area (TPSA) is 132 Å². The highest BCUT2D eigenvalue weighted by Gasteiger charge is 2.38. The van der Waals surface area contributed by atoms with E-state index in [0.29, 0.717) is 40.7 Å². The number of nitrogens with one attached hydrogen (secondary N) is 1. The van der Waals surface area contributed by atoms with Gasteiger partial charge in [-0.25, -0.2) is 24.1 Å². The second kappa shape index (κ2) is 9.25. The van der Waals surface area contributed by atoms with Crippen LogP contribution >= 0.6 is 0 Å². The molecule has 1 aliphatic heterocycles. The van der Waals surface area contributed by atoms with Gasteiger partial charge in [-0.3, -0.25) is 4.98 Å². The minimum Gasteiger partial charge on any atom is -0.475 e. The first kappa shape index (κ1) is 24.0. The van der Waals surface area contributed by atoms with Crippen molar-refractivity contribution in [3.05, 3.63) is 65.0 Å². The number of halogens is 4. The van der Waals surface area contributed by atoms with Crippen molar-refractivity contribution in [2.45, 2.75) is 32.7 Å². The number of anilines is 1. The number of benzene rings is 1. The zero-order valence-electron chi connectivity index (χ0n) is 18.3. The smallest absolute Gasteiger partial charge is 0.475 e. The Labute approximate surface area is 195 Å². The lowest BCUT2D eigenvalue weighted by Gasteiger charge is -2.10. The number of imidazole rings is 1. The summed E-state index contributed by atoms with van der Waals surface area (Å²) in [6.45, 7) is 4.08. The molecule has 4 N–H and O–H groups in total. The molecule has 13 heteroatoms. The fraction of sp³-hybridized carbons (Fsp3) is 0.227. The van der Waals surface area contributed by atoms with Gasteiger partial charge in [-0.2, -0.15) is 13.2 Å². The SMILES string of the molecule is Cc1nc(N)c2nc(-c3cncc(F)c3)n(Cc3ccc4c(c3)CNC4)c2n1.O=C(O)C(F)(F)F. The molecule has 4 heterocycles. The van der Waals surface area contributed by atoms with E-state index in [1.165, 1.54) is 23.4 Å². The largest absolute Gasteiger partial charge is 0.490 e. The van der Waals surface area contributed by atoms with Crippen molar-refractivity contribution in [1.82, 2.24) is 29.8 Å². The Balaban J connectivity index is 0.000000364. The number of hydrogen-bond donors (Lipinski definition) is 3. The van der Waals surface area contributed by atoms with Crippen LogP contribution in [0.15, 0.2) is 36.7 Å². The molecule has 4 aromatic rings. The van der Waals surface area contributed by atoms with Crippen LogP contribution in [0.1, 0.15) is 22.5 Å². The van der Waals surface area contributed by atoms with E-state index in [2.05, 4.69) is 43.5 Å². The second-order valence-corrected chi connectivity index (χ2v) is 7.75. The Morgan fingerprint density at radius 3 is 2.54 bits per heavy atom. The van der Waals surface area contributed by atoms with Gasteiger partial charge in [-0.1, -0.05) is 18.2 Å². The molecule has 1 aliphatic rings. The molecule has 0 saturated carbocycles. The Bertz CT molecular complexity index is 1420. The minimum atomic E-state index is -5.08. The zero-order valence-corrected chi connectivity index (χ0v) is 18.3. The standard InChI is InChI=1S/C20H18FN7.C2HF3O2/c1-11-25-18(22)17-20(26-11)28(19(27-17)15-5-16(21)9-24-8-15)10-12-2-3-13-6-23-7-14(13)4-12;3-2(4,5)1(6)7/h2-5,8-9,23H,6-7,10H2,1H3,(H2,22,25,26);(H,6,7). The lowest BCUT2D eigenvalue weighted by atomic mass is 10.1. The molecule has 0 saturated heterocycles. The number of rotatable bonds is 3. The number of pyridine rings is 1. The number of nitrogens with zero attached hydrogens (tertiary/aromatic N) is 5. The summed E-state index contributed by atoms with van der Waals surface area (Å²) in [7, 11) is 0. The molecule has 35 heavy (non-hydrogen) atoms. The van der Waals surface area contributed by atoms with E-state index in [1.807, 2.05) is 4.57 Å². The molecular formula is C22H19F4N7O2. The van der Waals surface area contributed by atoms with Gasteiger partial charge in [0.1, 0.15) is 17.5 Å². The van der Waals surface area contributed by atoms with Crippen molar-refractivity contribution < 1.29 is 27.5 Å². The van der Waals surface area contributed by atoms with Crippen LogP contribution < -0.4 is 11.1 Å². The van der Waals surface area contributed by atoms with Crippen LogP contribution in [-0.2, 0) is 24.4 Å². The maximum absolute atomic E-state index is 13.8. The average Bonchev–Trinajstić information content (AvgIpc) is 3.38. The minimum absolute atomic E-state index is 0.310. The monoisotopic (exact) mass is 489 g/mol. The van der Waals surface area contributed by atoms with Crippen molar-refractivity contribution in [3.63, 3.8) is 0 Å². The van der Waals surface area contributed by atoms with Gasteiger partial charge >= 0.3 is 12.1 Å². The molecule has 0 aliphatic carbocycles. The summed E-state index contributed by atoms with van der Waals surface area (Å²) in [4.78, 5) is 26.3. The molecule has 0 fully saturated rings. The van der Waals surface area contributed by atoms with Crippen LogP contribution in [0.5, 0.6) is 0 Å². The van der Waals surface area contributed by atoms with Crippen molar-refractivity contribution in [2.24, 2.45) is 0 Å². The van der Waals surface area contributed by atoms with Gasteiger partial charge in [-0.05, 0) is 29.7 Å². The van der Waals surface area contributed by atoms with Crippen LogP contribution in [0.4, 0.5) is 23.4 Å². The molecule has 0 bridgehead atoms. The third-order valence-electron chi connectivity index (χ3n) is 5.18. The first-order chi connectivity index (χ1) is 16.5. The predicted octanol–water partition coefficient (Wildman–Crippen LogP) is 3.20. The van der Waals surface area contributed by atoms with Crippen LogP contribution in [-0.4, -0.2) is 41.8 Å². The molecule has 3 aromatic heterocycles. The normalized spacial score (nSPS) is 12.8. The molecule has 182 valence electrons. The van der Waals surface area contributed by atoms with E-state index >= 15 is 0 Å². The van der Waals surface area contributed by atoms with E-state index in [9.17, 15) is 17.6 Å². The molecular weight excluding hydrogens is 470 g/mol. The summed E-state index contributed by atoms with van der Waals surface area (Å²) >= 11 is 0. The van der Waals surface area contributed by atoms with E-state index in [1.54, 1.807) is 13.1 Å². The van der Waals surface area contributed by atoms with Gasteiger partial charge in [0, 0.05) is 24.8 Å². The second-order valence-electron chi connectivity index (χ2n) is 7.75. The molecule has 5 rings (SSSR count). The van der Waals surface area contributed by atoms with Crippen molar-refractivity contribution in [3.8, 4) is 11.4 Å². The number of aliphatic carboxylic acids is 1. The number of aromatic nitrogens is 5. The lowest BCUT2D eigenvalue weighted by molar-refractivity contribution is -0.192. The van der Waals surface area contributed by atoms with E-state index in [-0.39, 0.29) is 0 Å². The van der Waals surface area contributed by atoms with Crippen molar-refractivity contribution >= 4 is 23.0 Å². The number of nitrogens with two attached hydrogens (primary N) is 1. The third kappa shape index (κ3) is 5.19. The summed E-state index contributed by atoms with van der Waals surface area (Å²) < 4.78 is 47.5. The first-order valence-electron chi connectivity index (χ1n) is 10.3. The number of nitrogen functional groups attached to an aromatic ring is 1. The summed E-state index contributed by atoms with van der Waals surface area (Å²) in [5.41, 5.74) is 11.5. The van der Waals surface area contributed by atoms with E-state index in [0.717, 1.165) is 18.7 Å². The molecule has 0 atom stereocenters. The Hall–Kier alpha value is -4.13. The molecule has 0 unspecified atom stereocenters. The number of fused-ring (bicyclic) bond motifs is 2. The van der Waals surface area contributed by atoms with Gasteiger partial charge in [0.2, 0.25) is 0 Å². The van der Waals surface area contributed by atoms with Crippen LogP contribution in [0.2, 0.25) is 0 Å². The number of aryl methyl sites for hydroxylation is 1. The predicted molar refractivity (Wildman–Crippen MR) is 117 cm³/mol. The Morgan fingerprint density at radius 1 is 1.14 bits per heavy atom. The Morgan fingerprint density at radius 2 is 1.86 bits per heavy atom. The van der Waals surface area contributed by atoms with Crippen molar-refractivity contribution in [2.75, 3.05) is 5.73 Å².